The lowest BCUT2D eigenvalue weighted by Crippen LogP contribution is -2.25. The van der Waals surface area contributed by atoms with E-state index in [0.717, 1.165) is 5.56 Å². The summed E-state index contributed by atoms with van der Waals surface area (Å²) in [4.78, 5) is 23.8. The topological polar surface area (TPSA) is 79.8 Å². The fourth-order valence-electron chi connectivity index (χ4n) is 2.61. The summed E-state index contributed by atoms with van der Waals surface area (Å²) in [6, 6.07) is 20.2. The van der Waals surface area contributed by atoms with Crippen LogP contribution in [0.1, 0.15) is 17.5 Å². The van der Waals surface area contributed by atoms with E-state index in [9.17, 15) is 14.0 Å². The molecule has 0 aliphatic rings. The van der Waals surface area contributed by atoms with E-state index in [0.29, 0.717) is 16.3 Å². The van der Waals surface area contributed by atoms with Gasteiger partial charge in [-0.25, -0.2) is 9.82 Å². The molecule has 0 saturated carbocycles. The molecule has 31 heavy (non-hydrogen) atoms. The number of amides is 2. The molecule has 158 valence electrons. The molecule has 6 nitrogen and oxygen atoms in total. The van der Waals surface area contributed by atoms with Crippen LogP contribution in [-0.2, 0) is 16.2 Å². The third kappa shape index (κ3) is 6.65. The van der Waals surface area contributed by atoms with E-state index < -0.39 is 24.1 Å². The zero-order valence-corrected chi connectivity index (χ0v) is 17.1. The molecule has 2 amide bonds. The third-order valence-corrected chi connectivity index (χ3v) is 4.49. The van der Waals surface area contributed by atoms with Gasteiger partial charge in [0.15, 0.2) is 0 Å². The minimum Gasteiger partial charge on any atom is -0.488 e. The van der Waals surface area contributed by atoms with Crippen LogP contribution >= 0.6 is 11.6 Å². The quantitative estimate of drug-likeness (QED) is 0.307. The predicted octanol–water partition coefficient (Wildman–Crippen LogP) is 4.54. The lowest BCUT2D eigenvalue weighted by atomic mass is 10.2. The summed E-state index contributed by atoms with van der Waals surface area (Å²) in [7, 11) is 0. The summed E-state index contributed by atoms with van der Waals surface area (Å²) >= 11 is 6.14. The Bertz CT molecular complexity index is 1100. The van der Waals surface area contributed by atoms with E-state index in [-0.39, 0.29) is 12.3 Å². The van der Waals surface area contributed by atoms with Crippen LogP contribution in [-0.4, -0.2) is 18.0 Å². The highest BCUT2D eigenvalue weighted by Gasteiger charge is 2.11. The first kappa shape index (κ1) is 22.0. The highest BCUT2D eigenvalue weighted by molar-refractivity contribution is 6.31. The molecule has 0 spiro atoms. The van der Waals surface area contributed by atoms with Crippen molar-refractivity contribution in [3.8, 4) is 5.75 Å². The molecule has 3 aromatic rings. The number of anilines is 1. The van der Waals surface area contributed by atoms with E-state index in [1.807, 2.05) is 24.3 Å². The van der Waals surface area contributed by atoms with E-state index in [4.69, 9.17) is 16.3 Å². The second-order valence-electron chi connectivity index (χ2n) is 6.42. The molecule has 0 bridgehead atoms. The Kier molecular flexibility index (Phi) is 7.73. The Hall–Kier alpha value is -3.71. The van der Waals surface area contributed by atoms with Crippen molar-refractivity contribution in [1.82, 2.24) is 5.43 Å². The summed E-state index contributed by atoms with van der Waals surface area (Å²) in [5, 5.41) is 6.81. The lowest BCUT2D eigenvalue weighted by Gasteiger charge is -2.10. The number of ether oxygens (including phenoxy) is 1. The van der Waals surface area contributed by atoms with E-state index >= 15 is 0 Å². The first-order chi connectivity index (χ1) is 15.0. The van der Waals surface area contributed by atoms with Crippen molar-refractivity contribution in [3.63, 3.8) is 0 Å². The van der Waals surface area contributed by atoms with Gasteiger partial charge in [0.2, 0.25) is 11.8 Å². The van der Waals surface area contributed by atoms with Crippen LogP contribution in [0.15, 0.2) is 77.9 Å². The highest BCUT2D eigenvalue weighted by atomic mass is 35.5. The Morgan fingerprint density at radius 3 is 2.48 bits per heavy atom. The maximum Gasteiger partial charge on any atom is 0.249 e. The molecule has 3 rings (SSSR count). The molecule has 3 aromatic carbocycles. The van der Waals surface area contributed by atoms with Gasteiger partial charge in [-0.2, -0.15) is 5.10 Å². The van der Waals surface area contributed by atoms with Crippen LogP contribution in [0, 0.1) is 5.82 Å². The zero-order valence-electron chi connectivity index (χ0n) is 16.3. The van der Waals surface area contributed by atoms with Gasteiger partial charge in [0, 0.05) is 16.1 Å². The molecule has 0 heterocycles. The summed E-state index contributed by atoms with van der Waals surface area (Å²) in [5.41, 5.74) is 3.75. The number of hydrazone groups is 1. The number of rotatable bonds is 8. The number of halogens is 2. The Morgan fingerprint density at radius 1 is 0.968 bits per heavy atom. The van der Waals surface area contributed by atoms with Crippen LogP contribution in [0.2, 0.25) is 5.02 Å². The first-order valence-electron chi connectivity index (χ1n) is 9.34. The van der Waals surface area contributed by atoms with Gasteiger partial charge in [0.05, 0.1) is 11.9 Å². The van der Waals surface area contributed by atoms with E-state index in [1.54, 1.807) is 30.3 Å². The molecule has 0 radical (unpaired) electrons. The van der Waals surface area contributed by atoms with Crippen molar-refractivity contribution in [2.75, 3.05) is 5.32 Å². The number of hydrogen-bond donors (Lipinski definition) is 2. The van der Waals surface area contributed by atoms with Gasteiger partial charge >= 0.3 is 0 Å². The van der Waals surface area contributed by atoms with Gasteiger partial charge in [-0.3, -0.25) is 9.59 Å². The maximum atomic E-state index is 13.6. The average molecular weight is 440 g/mol. The number of para-hydroxylation sites is 2. The van der Waals surface area contributed by atoms with Gasteiger partial charge in [0.1, 0.15) is 24.6 Å². The number of carbonyl (C=O) groups is 2. The fourth-order valence-corrected chi connectivity index (χ4v) is 2.80. The second kappa shape index (κ2) is 10.9. The number of benzene rings is 3. The molecule has 0 aromatic heterocycles. The minimum atomic E-state index is -0.652. The van der Waals surface area contributed by atoms with Gasteiger partial charge in [-0.1, -0.05) is 54.1 Å². The third-order valence-electron chi connectivity index (χ3n) is 4.12. The van der Waals surface area contributed by atoms with Crippen molar-refractivity contribution in [1.29, 1.82) is 0 Å². The molecular formula is C23H19ClFN3O3. The SMILES string of the molecule is O=C(CC(=O)Nc1ccccc1F)NN=Cc1ccccc1OCc1ccccc1Cl. The Balaban J connectivity index is 1.53. The van der Waals surface area contributed by atoms with Crippen molar-refractivity contribution >= 4 is 35.3 Å². The van der Waals surface area contributed by atoms with Crippen molar-refractivity contribution in [2.45, 2.75) is 13.0 Å². The monoisotopic (exact) mass is 439 g/mol. The van der Waals surface area contributed by atoms with E-state index in [2.05, 4.69) is 15.8 Å². The molecule has 2 N–H and O–H groups in total. The van der Waals surface area contributed by atoms with Gasteiger partial charge < -0.3 is 10.1 Å². The summed E-state index contributed by atoms with van der Waals surface area (Å²) in [5.74, 6) is -1.32. The standard InChI is InChI=1S/C23H19ClFN3O3/c24-18-9-3-1-8-17(18)15-31-21-12-6-2-7-16(21)14-26-28-23(30)13-22(29)27-20-11-5-4-10-19(20)25/h1-12,14H,13,15H2,(H,27,29)(H,28,30). The van der Waals surface area contributed by atoms with E-state index in [1.165, 1.54) is 24.4 Å². The largest absolute Gasteiger partial charge is 0.488 e. The van der Waals surface area contributed by atoms with Gasteiger partial charge in [0.25, 0.3) is 0 Å². The fraction of sp³-hybridized carbons (Fsp3) is 0.0870. The van der Waals surface area contributed by atoms with Crippen LogP contribution < -0.4 is 15.5 Å². The number of nitrogens with one attached hydrogen (secondary N) is 2. The van der Waals surface area contributed by atoms with Gasteiger partial charge in [-0.15, -0.1) is 0 Å². The van der Waals surface area contributed by atoms with Crippen molar-refractivity contribution < 1.29 is 18.7 Å². The summed E-state index contributed by atoms with van der Waals surface area (Å²) in [6.07, 6.45) is 0.908. The minimum absolute atomic E-state index is 0.00777. The summed E-state index contributed by atoms with van der Waals surface area (Å²) in [6.45, 7) is 0.271. The molecule has 0 aliphatic carbocycles. The van der Waals surface area contributed by atoms with Crippen molar-refractivity contribution in [3.05, 3.63) is 94.8 Å². The van der Waals surface area contributed by atoms with Crippen LogP contribution in [0.3, 0.4) is 0 Å². The number of nitrogens with zero attached hydrogens (tertiary/aromatic N) is 1. The average Bonchev–Trinajstić information content (AvgIpc) is 2.75. The highest BCUT2D eigenvalue weighted by Crippen LogP contribution is 2.21. The second-order valence-corrected chi connectivity index (χ2v) is 6.82. The molecule has 8 heteroatoms. The van der Waals surface area contributed by atoms with Gasteiger partial charge in [-0.05, 0) is 30.3 Å². The smallest absolute Gasteiger partial charge is 0.249 e. The molecule has 0 aliphatic heterocycles. The first-order valence-corrected chi connectivity index (χ1v) is 9.72. The van der Waals surface area contributed by atoms with Crippen LogP contribution in [0.4, 0.5) is 10.1 Å². The predicted molar refractivity (Wildman–Crippen MR) is 118 cm³/mol. The molecule has 0 fully saturated rings. The zero-order chi connectivity index (χ0) is 22.1. The van der Waals surface area contributed by atoms with Crippen molar-refractivity contribution in [2.24, 2.45) is 5.10 Å². The Morgan fingerprint density at radius 2 is 1.68 bits per heavy atom. The normalized spacial score (nSPS) is 10.6. The number of carbonyl (C=O) groups excluding carboxylic acids is 2. The molecule has 0 unspecified atom stereocenters. The number of hydrogen-bond acceptors (Lipinski definition) is 4. The molecule has 0 atom stereocenters. The maximum absolute atomic E-state index is 13.6. The molecular weight excluding hydrogens is 421 g/mol. The molecule has 0 saturated heterocycles. The lowest BCUT2D eigenvalue weighted by molar-refractivity contribution is -0.126. The van der Waals surface area contributed by atoms with Crippen LogP contribution in [0.5, 0.6) is 5.75 Å². The summed E-state index contributed by atoms with van der Waals surface area (Å²) < 4.78 is 19.4. The Labute approximate surface area is 183 Å². The van der Waals surface area contributed by atoms with Crippen LogP contribution in [0.25, 0.3) is 0 Å².